The Bertz CT molecular complexity index is 522. The van der Waals surface area contributed by atoms with Crippen molar-refractivity contribution in [3.63, 3.8) is 0 Å². The molecule has 0 aliphatic carbocycles. The van der Waals surface area contributed by atoms with Crippen LogP contribution in [0.5, 0.6) is 0 Å². The number of nitrogen functional groups attached to an aromatic ring is 1. The average Bonchev–Trinajstić information content (AvgIpc) is 2.73. The lowest BCUT2D eigenvalue weighted by atomic mass is 10.1. The van der Waals surface area contributed by atoms with Crippen LogP contribution < -0.4 is 5.73 Å². The third-order valence-electron chi connectivity index (χ3n) is 2.19. The van der Waals surface area contributed by atoms with Crippen LogP contribution >= 0.6 is 0 Å². The van der Waals surface area contributed by atoms with Gasteiger partial charge in [-0.15, -0.1) is 0 Å². The van der Waals surface area contributed by atoms with E-state index in [1.165, 1.54) is 0 Å². The highest BCUT2D eigenvalue weighted by Crippen LogP contribution is 2.23. The highest BCUT2D eigenvalue weighted by Gasteiger charge is 2.21. The highest BCUT2D eigenvalue weighted by molar-refractivity contribution is 6.00. The predicted molar refractivity (Wildman–Crippen MR) is 62.2 cm³/mol. The highest BCUT2D eigenvalue weighted by atomic mass is 16.5. The minimum atomic E-state index is -0.501. The van der Waals surface area contributed by atoms with E-state index in [0.29, 0.717) is 11.4 Å². The maximum absolute atomic E-state index is 11.7. The van der Waals surface area contributed by atoms with Crippen molar-refractivity contribution in [3.05, 3.63) is 30.0 Å². The Hall–Kier alpha value is -2.37. The molecule has 2 heterocycles. The molecule has 0 aromatic carbocycles. The molecular weight excluding hydrogens is 220 g/mol. The van der Waals surface area contributed by atoms with Crippen LogP contribution in [0.3, 0.4) is 0 Å². The van der Waals surface area contributed by atoms with Crippen molar-refractivity contribution in [2.45, 2.75) is 6.92 Å². The fraction of sp³-hybridized carbons (Fsp3) is 0.182. The number of anilines is 1. The first-order valence-electron chi connectivity index (χ1n) is 5.16. The lowest BCUT2D eigenvalue weighted by Gasteiger charge is -2.03. The van der Waals surface area contributed by atoms with Crippen molar-refractivity contribution < 1.29 is 9.53 Å². The number of aromatic nitrogens is 3. The summed E-state index contributed by atoms with van der Waals surface area (Å²) in [6, 6.07) is 5.36. The number of aromatic amines is 1. The normalized spacial score (nSPS) is 10.2. The van der Waals surface area contributed by atoms with Gasteiger partial charge in [0.15, 0.2) is 5.82 Å². The quantitative estimate of drug-likeness (QED) is 0.776. The number of rotatable bonds is 3. The Morgan fingerprint density at radius 1 is 1.53 bits per heavy atom. The lowest BCUT2D eigenvalue weighted by Crippen LogP contribution is -2.08. The molecular formula is C11H12N4O2. The van der Waals surface area contributed by atoms with E-state index in [-0.39, 0.29) is 18.0 Å². The van der Waals surface area contributed by atoms with Gasteiger partial charge in [-0.25, -0.2) is 4.79 Å². The Morgan fingerprint density at radius 3 is 3.00 bits per heavy atom. The largest absolute Gasteiger partial charge is 0.462 e. The maximum atomic E-state index is 11.7. The van der Waals surface area contributed by atoms with Crippen LogP contribution in [-0.2, 0) is 4.74 Å². The third kappa shape index (κ3) is 2.10. The first kappa shape index (κ1) is 11.1. The van der Waals surface area contributed by atoms with Crippen LogP contribution in [0.15, 0.2) is 24.4 Å². The Balaban J connectivity index is 2.46. The van der Waals surface area contributed by atoms with Crippen LogP contribution in [-0.4, -0.2) is 27.8 Å². The fourth-order valence-corrected chi connectivity index (χ4v) is 1.46. The number of hydrogen-bond donors (Lipinski definition) is 2. The standard InChI is InChI=1S/C11H12N4O2/c1-2-17-11(16)8-9(14-15-10(8)12)7-5-3-4-6-13-7/h3-6H,2H2,1H3,(H3,12,14,15). The van der Waals surface area contributed by atoms with E-state index in [1.54, 1.807) is 25.3 Å². The molecule has 0 atom stereocenters. The van der Waals surface area contributed by atoms with Gasteiger partial charge in [0.2, 0.25) is 0 Å². The number of nitrogens with two attached hydrogens (primary N) is 1. The van der Waals surface area contributed by atoms with E-state index >= 15 is 0 Å². The topological polar surface area (TPSA) is 93.9 Å². The van der Waals surface area contributed by atoms with Gasteiger partial charge in [0, 0.05) is 6.20 Å². The molecule has 0 aliphatic heterocycles. The van der Waals surface area contributed by atoms with Crippen LogP contribution in [0, 0.1) is 0 Å². The number of carbonyl (C=O) groups excluding carboxylic acids is 1. The molecule has 0 radical (unpaired) electrons. The molecule has 0 amide bonds. The van der Waals surface area contributed by atoms with Gasteiger partial charge >= 0.3 is 5.97 Å². The molecule has 2 rings (SSSR count). The summed E-state index contributed by atoms with van der Waals surface area (Å²) in [4.78, 5) is 15.9. The van der Waals surface area contributed by atoms with E-state index in [9.17, 15) is 4.79 Å². The molecule has 0 fully saturated rings. The number of nitrogens with zero attached hydrogens (tertiary/aromatic N) is 2. The maximum Gasteiger partial charge on any atom is 0.344 e. The molecule has 3 N–H and O–H groups in total. The van der Waals surface area contributed by atoms with Crippen molar-refractivity contribution >= 4 is 11.8 Å². The number of hydrogen-bond acceptors (Lipinski definition) is 5. The molecule has 17 heavy (non-hydrogen) atoms. The molecule has 2 aromatic heterocycles. The molecule has 6 heteroatoms. The summed E-state index contributed by atoms with van der Waals surface area (Å²) < 4.78 is 4.92. The van der Waals surface area contributed by atoms with Gasteiger partial charge in [-0.2, -0.15) is 5.10 Å². The summed E-state index contributed by atoms with van der Waals surface area (Å²) in [7, 11) is 0. The van der Waals surface area contributed by atoms with Gasteiger partial charge in [-0.05, 0) is 19.1 Å². The summed E-state index contributed by atoms with van der Waals surface area (Å²) in [6.07, 6.45) is 1.63. The minimum Gasteiger partial charge on any atom is -0.462 e. The predicted octanol–water partition coefficient (Wildman–Crippen LogP) is 1.23. The van der Waals surface area contributed by atoms with E-state index in [4.69, 9.17) is 10.5 Å². The van der Waals surface area contributed by atoms with Crippen LogP contribution in [0.25, 0.3) is 11.4 Å². The zero-order chi connectivity index (χ0) is 12.3. The van der Waals surface area contributed by atoms with Crippen LogP contribution in [0.2, 0.25) is 0 Å². The number of esters is 1. The molecule has 88 valence electrons. The third-order valence-corrected chi connectivity index (χ3v) is 2.19. The molecule has 0 saturated heterocycles. The monoisotopic (exact) mass is 232 g/mol. The first-order valence-corrected chi connectivity index (χ1v) is 5.16. The van der Waals surface area contributed by atoms with E-state index in [2.05, 4.69) is 15.2 Å². The molecule has 6 nitrogen and oxygen atoms in total. The summed E-state index contributed by atoms with van der Waals surface area (Å²) in [5.74, 6) is -0.386. The SMILES string of the molecule is CCOC(=O)c1c(N)n[nH]c1-c1ccccn1. The van der Waals surface area contributed by atoms with Gasteiger partial charge in [-0.1, -0.05) is 6.07 Å². The van der Waals surface area contributed by atoms with Gasteiger partial charge < -0.3 is 10.5 Å². The zero-order valence-electron chi connectivity index (χ0n) is 9.30. The summed E-state index contributed by atoms with van der Waals surface area (Å²) in [5.41, 5.74) is 6.94. The van der Waals surface area contributed by atoms with E-state index < -0.39 is 5.97 Å². The second-order valence-electron chi connectivity index (χ2n) is 3.29. The number of nitrogens with one attached hydrogen (secondary N) is 1. The second kappa shape index (κ2) is 4.65. The van der Waals surface area contributed by atoms with Crippen molar-refractivity contribution in [2.75, 3.05) is 12.3 Å². The van der Waals surface area contributed by atoms with Gasteiger partial charge in [-0.3, -0.25) is 10.1 Å². The Morgan fingerprint density at radius 2 is 2.35 bits per heavy atom. The molecule has 0 aliphatic rings. The molecule has 0 spiro atoms. The lowest BCUT2D eigenvalue weighted by molar-refractivity contribution is 0.0528. The Kier molecular flexibility index (Phi) is 3.04. The summed E-state index contributed by atoms with van der Waals surface area (Å²) in [5, 5.41) is 6.50. The molecule has 2 aromatic rings. The van der Waals surface area contributed by atoms with Crippen LogP contribution in [0.1, 0.15) is 17.3 Å². The average molecular weight is 232 g/mol. The van der Waals surface area contributed by atoms with Gasteiger partial charge in [0.05, 0.1) is 12.3 Å². The zero-order valence-corrected chi connectivity index (χ0v) is 9.30. The molecule has 0 bridgehead atoms. The molecule has 0 unspecified atom stereocenters. The number of pyridine rings is 1. The number of H-pyrrole nitrogens is 1. The van der Waals surface area contributed by atoms with Crippen molar-refractivity contribution in [1.82, 2.24) is 15.2 Å². The van der Waals surface area contributed by atoms with E-state index in [0.717, 1.165) is 0 Å². The van der Waals surface area contributed by atoms with Gasteiger partial charge in [0.1, 0.15) is 11.3 Å². The summed E-state index contributed by atoms with van der Waals surface area (Å²) in [6.45, 7) is 2.01. The second-order valence-corrected chi connectivity index (χ2v) is 3.29. The van der Waals surface area contributed by atoms with Gasteiger partial charge in [0.25, 0.3) is 0 Å². The molecule has 0 saturated carbocycles. The number of ether oxygens (including phenoxy) is 1. The fourth-order valence-electron chi connectivity index (χ4n) is 1.46. The van der Waals surface area contributed by atoms with Crippen LogP contribution in [0.4, 0.5) is 5.82 Å². The minimum absolute atomic E-state index is 0.115. The smallest absolute Gasteiger partial charge is 0.344 e. The van der Waals surface area contributed by atoms with Crippen molar-refractivity contribution in [3.8, 4) is 11.4 Å². The Labute approximate surface area is 97.8 Å². The summed E-state index contributed by atoms with van der Waals surface area (Å²) >= 11 is 0. The number of carbonyl (C=O) groups is 1. The van der Waals surface area contributed by atoms with Crippen molar-refractivity contribution in [2.24, 2.45) is 0 Å². The van der Waals surface area contributed by atoms with Crippen molar-refractivity contribution in [1.29, 1.82) is 0 Å². The van der Waals surface area contributed by atoms with E-state index in [1.807, 2.05) is 6.07 Å². The first-order chi connectivity index (χ1) is 8.24.